The molecule has 0 bridgehead atoms. The highest BCUT2D eigenvalue weighted by Crippen LogP contribution is 2.25. The summed E-state index contributed by atoms with van der Waals surface area (Å²) in [6, 6.07) is 4.74. The van der Waals surface area contributed by atoms with E-state index in [1.54, 1.807) is 12.1 Å². The Bertz CT molecular complexity index is 572. The van der Waals surface area contributed by atoms with E-state index >= 15 is 0 Å². The van der Waals surface area contributed by atoms with Crippen molar-refractivity contribution in [2.45, 2.75) is 19.3 Å². The molecule has 1 aromatic rings. The summed E-state index contributed by atoms with van der Waals surface area (Å²) in [6.45, 7) is -0.310. The van der Waals surface area contributed by atoms with Crippen molar-refractivity contribution in [3.8, 4) is 0 Å². The number of esters is 1. The largest absolute Gasteiger partial charge is 0.456 e. The molecule has 2 rings (SSSR count). The smallest absolute Gasteiger partial charge is 0.306 e. The van der Waals surface area contributed by atoms with Gasteiger partial charge in [0.05, 0.1) is 16.5 Å². The van der Waals surface area contributed by atoms with Crippen molar-refractivity contribution in [2.75, 3.05) is 11.9 Å². The number of rotatable bonds is 5. The summed E-state index contributed by atoms with van der Waals surface area (Å²) in [4.78, 5) is 23.3. The highest BCUT2D eigenvalue weighted by atomic mass is 35.5. The Hall–Kier alpha value is -1.52. The third-order valence-corrected chi connectivity index (χ3v) is 3.85. The minimum absolute atomic E-state index is 0.232. The number of benzene rings is 1. The predicted octanol–water partition coefficient (Wildman–Crippen LogP) is 3.83. The average molecular weight is 328 g/mol. The molecule has 21 heavy (non-hydrogen) atoms. The molecule has 0 aromatic heterocycles. The van der Waals surface area contributed by atoms with Crippen LogP contribution in [0.25, 0.3) is 0 Å². The van der Waals surface area contributed by atoms with E-state index in [9.17, 15) is 9.59 Å². The number of amides is 1. The Morgan fingerprint density at radius 3 is 2.76 bits per heavy atom. The number of allylic oxidation sites excluding steroid dienone is 2. The van der Waals surface area contributed by atoms with E-state index in [4.69, 9.17) is 27.9 Å². The van der Waals surface area contributed by atoms with Crippen molar-refractivity contribution in [3.63, 3.8) is 0 Å². The summed E-state index contributed by atoms with van der Waals surface area (Å²) in [5.41, 5.74) is 0.504. The molecule has 1 aliphatic carbocycles. The van der Waals surface area contributed by atoms with Gasteiger partial charge in [0.2, 0.25) is 0 Å². The second-order valence-corrected chi connectivity index (χ2v) is 5.62. The number of hydrogen-bond acceptors (Lipinski definition) is 3. The zero-order chi connectivity index (χ0) is 15.2. The number of halogens is 2. The van der Waals surface area contributed by atoms with Crippen LogP contribution in [0, 0.1) is 5.92 Å². The van der Waals surface area contributed by atoms with Crippen LogP contribution in [0.3, 0.4) is 0 Å². The normalized spacial score (nSPS) is 16.8. The van der Waals surface area contributed by atoms with E-state index in [2.05, 4.69) is 11.4 Å². The molecule has 0 saturated carbocycles. The summed E-state index contributed by atoms with van der Waals surface area (Å²) in [5, 5.41) is 3.34. The maximum atomic E-state index is 11.7. The topological polar surface area (TPSA) is 55.4 Å². The van der Waals surface area contributed by atoms with Gasteiger partial charge in [-0.05, 0) is 37.0 Å². The lowest BCUT2D eigenvalue weighted by Gasteiger charge is -2.09. The molecule has 0 fully saturated rings. The summed E-state index contributed by atoms with van der Waals surface area (Å²) in [5.74, 6) is -0.546. The Kier molecular flexibility index (Phi) is 5.65. The minimum atomic E-state index is -0.413. The molecule has 6 heteroatoms. The number of carbonyl (C=O) groups excluding carboxylic acids is 2. The molecule has 4 nitrogen and oxygen atoms in total. The van der Waals surface area contributed by atoms with Crippen molar-refractivity contribution in [2.24, 2.45) is 5.92 Å². The van der Waals surface area contributed by atoms with Gasteiger partial charge in [-0.15, -0.1) is 0 Å². The van der Waals surface area contributed by atoms with Crippen LogP contribution in [0.2, 0.25) is 10.0 Å². The van der Waals surface area contributed by atoms with Crippen LogP contribution in [0.4, 0.5) is 5.69 Å². The number of ether oxygens (including phenoxy) is 1. The molecule has 1 aromatic carbocycles. The molecule has 0 aliphatic heterocycles. The monoisotopic (exact) mass is 327 g/mol. The molecule has 0 saturated heterocycles. The molecule has 112 valence electrons. The van der Waals surface area contributed by atoms with Gasteiger partial charge >= 0.3 is 5.97 Å². The van der Waals surface area contributed by atoms with E-state index in [0.717, 1.165) is 12.8 Å². The molecule has 0 radical (unpaired) electrons. The summed E-state index contributed by atoms with van der Waals surface area (Å²) in [6.07, 6.45) is 6.34. The number of anilines is 1. The molecule has 1 amide bonds. The number of nitrogens with one attached hydrogen (secondary N) is 1. The maximum Gasteiger partial charge on any atom is 0.306 e. The van der Waals surface area contributed by atoms with Crippen LogP contribution in [0.15, 0.2) is 30.4 Å². The zero-order valence-electron chi connectivity index (χ0n) is 11.3. The number of carbonyl (C=O) groups is 2. The van der Waals surface area contributed by atoms with Crippen LogP contribution < -0.4 is 5.32 Å². The zero-order valence-corrected chi connectivity index (χ0v) is 12.8. The van der Waals surface area contributed by atoms with Crippen LogP contribution in [-0.2, 0) is 14.3 Å². The molecular weight excluding hydrogens is 313 g/mol. The molecule has 0 spiro atoms. The van der Waals surface area contributed by atoms with Gasteiger partial charge in [-0.3, -0.25) is 9.59 Å². The fraction of sp³-hybridized carbons (Fsp3) is 0.333. The van der Waals surface area contributed by atoms with Gasteiger partial charge in [-0.25, -0.2) is 0 Å². The van der Waals surface area contributed by atoms with Gasteiger partial charge in [0.25, 0.3) is 5.91 Å². The molecule has 1 atom stereocenters. The lowest BCUT2D eigenvalue weighted by atomic mass is 10.1. The van der Waals surface area contributed by atoms with Gasteiger partial charge in [0.15, 0.2) is 6.61 Å². The third kappa shape index (κ3) is 5.06. The van der Waals surface area contributed by atoms with E-state index in [1.165, 1.54) is 6.07 Å². The van der Waals surface area contributed by atoms with Crippen molar-refractivity contribution in [1.29, 1.82) is 0 Å². The predicted molar refractivity (Wildman–Crippen MR) is 82.5 cm³/mol. The Morgan fingerprint density at radius 2 is 2.10 bits per heavy atom. The van der Waals surface area contributed by atoms with Crippen molar-refractivity contribution < 1.29 is 14.3 Å². The van der Waals surface area contributed by atoms with E-state index in [0.29, 0.717) is 22.2 Å². The average Bonchev–Trinajstić information content (AvgIpc) is 2.93. The minimum Gasteiger partial charge on any atom is -0.456 e. The lowest BCUT2D eigenvalue weighted by Crippen LogP contribution is -2.21. The quantitative estimate of drug-likeness (QED) is 0.660. The summed E-state index contributed by atoms with van der Waals surface area (Å²) in [7, 11) is 0. The highest BCUT2D eigenvalue weighted by molar-refractivity contribution is 6.42. The Balaban J connectivity index is 1.75. The molecule has 0 unspecified atom stereocenters. The summed E-state index contributed by atoms with van der Waals surface area (Å²) >= 11 is 11.6. The van der Waals surface area contributed by atoms with Gasteiger partial charge < -0.3 is 10.1 Å². The van der Waals surface area contributed by atoms with Crippen molar-refractivity contribution in [1.82, 2.24) is 0 Å². The van der Waals surface area contributed by atoms with Crippen molar-refractivity contribution >= 4 is 40.8 Å². The van der Waals surface area contributed by atoms with E-state index in [1.807, 2.05) is 6.08 Å². The van der Waals surface area contributed by atoms with Gasteiger partial charge in [0, 0.05) is 5.69 Å². The van der Waals surface area contributed by atoms with Crippen LogP contribution >= 0.6 is 23.2 Å². The second-order valence-electron chi connectivity index (χ2n) is 4.81. The molecule has 1 aliphatic rings. The highest BCUT2D eigenvalue weighted by Gasteiger charge is 2.16. The van der Waals surface area contributed by atoms with Crippen LogP contribution in [0.5, 0.6) is 0 Å². The first-order valence-corrected chi connectivity index (χ1v) is 7.37. The lowest BCUT2D eigenvalue weighted by molar-refractivity contribution is -0.147. The first kappa shape index (κ1) is 15.9. The third-order valence-electron chi connectivity index (χ3n) is 3.11. The Labute approximate surface area is 133 Å². The first-order chi connectivity index (χ1) is 10.0. The van der Waals surface area contributed by atoms with Crippen molar-refractivity contribution in [3.05, 3.63) is 40.4 Å². The van der Waals surface area contributed by atoms with Crippen LogP contribution in [0.1, 0.15) is 19.3 Å². The molecule has 0 heterocycles. The summed E-state index contributed by atoms with van der Waals surface area (Å²) < 4.78 is 4.95. The van der Waals surface area contributed by atoms with Crippen LogP contribution in [-0.4, -0.2) is 18.5 Å². The van der Waals surface area contributed by atoms with Gasteiger partial charge in [-0.2, -0.15) is 0 Å². The fourth-order valence-corrected chi connectivity index (χ4v) is 2.35. The van der Waals surface area contributed by atoms with Gasteiger partial charge in [0.1, 0.15) is 0 Å². The maximum absolute atomic E-state index is 11.7. The fourth-order valence-electron chi connectivity index (χ4n) is 2.06. The van der Waals surface area contributed by atoms with E-state index in [-0.39, 0.29) is 18.5 Å². The van der Waals surface area contributed by atoms with E-state index < -0.39 is 5.91 Å². The first-order valence-electron chi connectivity index (χ1n) is 6.62. The Morgan fingerprint density at radius 1 is 1.29 bits per heavy atom. The number of hydrogen-bond donors (Lipinski definition) is 1. The SMILES string of the molecule is O=C(COC(=O)C[C@@H]1C=CCC1)Nc1ccc(Cl)c(Cl)c1. The molecular formula is C15H15Cl2NO3. The van der Waals surface area contributed by atoms with Gasteiger partial charge in [-0.1, -0.05) is 35.4 Å². The second kappa shape index (κ2) is 7.48. The molecule has 1 N–H and O–H groups in total. The standard InChI is InChI=1S/C15H15Cl2NO3/c16-12-6-5-11(8-13(12)17)18-14(19)9-21-15(20)7-10-3-1-2-4-10/h1,3,5-6,8,10H,2,4,7,9H2,(H,18,19)/t10-/m1/s1.